The predicted octanol–water partition coefficient (Wildman–Crippen LogP) is 4.11. The van der Waals surface area contributed by atoms with E-state index in [1.807, 2.05) is 6.92 Å². The number of nitrogens with zero attached hydrogens (tertiary/aromatic N) is 3. The zero-order chi connectivity index (χ0) is 18.2. The highest BCUT2D eigenvalue weighted by Gasteiger charge is 2.13. The van der Waals surface area contributed by atoms with Crippen molar-refractivity contribution in [2.24, 2.45) is 4.99 Å². The van der Waals surface area contributed by atoms with Crippen molar-refractivity contribution in [1.82, 2.24) is 15.2 Å². The summed E-state index contributed by atoms with van der Waals surface area (Å²) in [5, 5.41) is 10.8. The summed E-state index contributed by atoms with van der Waals surface area (Å²) >= 11 is 3.38. The Hall–Kier alpha value is -1.44. The van der Waals surface area contributed by atoms with Gasteiger partial charge < -0.3 is 15.0 Å². The number of guanidine groups is 1. The van der Waals surface area contributed by atoms with E-state index in [1.54, 1.807) is 29.8 Å². The predicted molar refractivity (Wildman–Crippen MR) is 108 cm³/mol. The minimum atomic E-state index is 0.0393. The molecule has 0 amide bonds. The van der Waals surface area contributed by atoms with Gasteiger partial charge in [0.25, 0.3) is 0 Å². The highest BCUT2D eigenvalue weighted by Crippen LogP contribution is 2.21. The molecule has 0 saturated carbocycles. The molecule has 0 aliphatic rings. The topological polar surface area (TPSA) is 49.8 Å². The maximum Gasteiger partial charge on any atom is 0.194 e. The van der Waals surface area contributed by atoms with E-state index < -0.39 is 0 Å². The van der Waals surface area contributed by atoms with Crippen LogP contribution in [-0.4, -0.2) is 43.1 Å². The fourth-order valence-electron chi connectivity index (χ4n) is 2.35. The summed E-state index contributed by atoms with van der Waals surface area (Å²) in [5.74, 6) is 1.33. The van der Waals surface area contributed by atoms with Crippen molar-refractivity contribution < 1.29 is 4.74 Å². The van der Waals surface area contributed by atoms with E-state index in [0.717, 1.165) is 36.3 Å². The third-order valence-corrected chi connectivity index (χ3v) is 5.75. The van der Waals surface area contributed by atoms with Crippen LogP contribution in [0, 0.1) is 0 Å². The molecule has 2 aromatic heterocycles. The number of aromatic nitrogens is 1. The van der Waals surface area contributed by atoms with Crippen LogP contribution in [0.4, 0.5) is 0 Å². The van der Waals surface area contributed by atoms with Gasteiger partial charge in [0.15, 0.2) is 5.96 Å². The van der Waals surface area contributed by atoms with Crippen LogP contribution in [0.1, 0.15) is 49.1 Å². The minimum absolute atomic E-state index is 0.0393. The maximum atomic E-state index is 5.34. The van der Waals surface area contributed by atoms with Crippen LogP contribution in [0.15, 0.2) is 27.2 Å². The van der Waals surface area contributed by atoms with Crippen LogP contribution in [0.3, 0.4) is 0 Å². The van der Waals surface area contributed by atoms with Crippen LogP contribution in [0.5, 0.6) is 0 Å². The average molecular weight is 381 g/mol. The fourth-order valence-corrected chi connectivity index (χ4v) is 3.98. The van der Waals surface area contributed by atoms with E-state index in [-0.39, 0.29) is 6.10 Å². The lowest BCUT2D eigenvalue weighted by Gasteiger charge is -2.21. The van der Waals surface area contributed by atoms with Crippen molar-refractivity contribution in [2.45, 2.75) is 39.3 Å². The van der Waals surface area contributed by atoms with Crippen LogP contribution in [-0.2, 0) is 11.3 Å². The maximum absolute atomic E-state index is 5.34. The second-order valence-electron chi connectivity index (χ2n) is 6.06. The van der Waals surface area contributed by atoms with E-state index in [4.69, 9.17) is 9.73 Å². The molecule has 138 valence electrons. The highest BCUT2D eigenvalue weighted by atomic mass is 32.1. The number of methoxy groups -OCH3 is 1. The average Bonchev–Trinajstić information content (AvgIpc) is 3.29. The van der Waals surface area contributed by atoms with E-state index in [0.29, 0.717) is 5.92 Å². The molecular weight excluding hydrogens is 352 g/mol. The first-order valence-electron chi connectivity index (χ1n) is 8.53. The summed E-state index contributed by atoms with van der Waals surface area (Å²) in [7, 11) is 3.76. The molecule has 25 heavy (non-hydrogen) atoms. The zero-order valence-electron chi connectivity index (χ0n) is 15.7. The molecule has 0 aromatic carbocycles. The molecule has 2 aromatic rings. The van der Waals surface area contributed by atoms with Crippen LogP contribution >= 0.6 is 22.7 Å². The van der Waals surface area contributed by atoms with Gasteiger partial charge in [-0.1, -0.05) is 6.92 Å². The van der Waals surface area contributed by atoms with Crippen molar-refractivity contribution in [3.05, 3.63) is 38.5 Å². The monoisotopic (exact) mass is 380 g/mol. The van der Waals surface area contributed by atoms with Crippen molar-refractivity contribution in [2.75, 3.05) is 27.2 Å². The normalized spacial score (nSPS) is 14.4. The van der Waals surface area contributed by atoms with Gasteiger partial charge in [-0.15, -0.1) is 11.3 Å². The van der Waals surface area contributed by atoms with Crippen LogP contribution < -0.4 is 5.32 Å². The molecule has 2 atom stereocenters. The Morgan fingerprint density at radius 2 is 2.20 bits per heavy atom. The Bertz CT molecular complexity index is 654. The summed E-state index contributed by atoms with van der Waals surface area (Å²) in [6.45, 7) is 8.67. The van der Waals surface area contributed by atoms with Crippen LogP contribution in [0.25, 0.3) is 0 Å². The number of nitrogens with one attached hydrogen (secondary N) is 1. The standard InChI is InChI=1S/C18H28N4OS2/c1-6-19-18(20-9-13(2)15-7-8-24-11-15)22(4)10-16-12-25-17(21-16)14(3)23-5/h7-8,11-14H,6,9-10H2,1-5H3,(H,19,20). The third-order valence-electron chi connectivity index (χ3n) is 3.99. The first kappa shape index (κ1) is 19.9. The molecule has 2 unspecified atom stereocenters. The lowest BCUT2D eigenvalue weighted by atomic mass is 10.1. The lowest BCUT2D eigenvalue weighted by Crippen LogP contribution is -2.38. The molecule has 0 saturated heterocycles. The van der Waals surface area contributed by atoms with Crippen molar-refractivity contribution in [3.63, 3.8) is 0 Å². The largest absolute Gasteiger partial charge is 0.375 e. The third kappa shape index (κ3) is 5.80. The molecular formula is C18H28N4OS2. The van der Waals surface area contributed by atoms with E-state index >= 15 is 0 Å². The summed E-state index contributed by atoms with van der Waals surface area (Å²) < 4.78 is 5.34. The number of aliphatic imine (C=N–C) groups is 1. The number of hydrogen-bond acceptors (Lipinski definition) is 5. The number of thiophene rings is 1. The van der Waals surface area contributed by atoms with Crippen molar-refractivity contribution in [3.8, 4) is 0 Å². The van der Waals surface area contributed by atoms with E-state index in [2.05, 4.69) is 58.3 Å². The Labute approximate surface area is 158 Å². The highest BCUT2D eigenvalue weighted by molar-refractivity contribution is 7.09. The van der Waals surface area contributed by atoms with Gasteiger partial charge in [-0.05, 0) is 36.2 Å². The molecule has 0 spiro atoms. The van der Waals surface area contributed by atoms with Gasteiger partial charge in [-0.2, -0.15) is 11.3 Å². The molecule has 0 bridgehead atoms. The molecule has 7 heteroatoms. The van der Waals surface area contributed by atoms with Gasteiger partial charge in [0.2, 0.25) is 0 Å². The lowest BCUT2D eigenvalue weighted by molar-refractivity contribution is 0.119. The summed E-state index contributed by atoms with van der Waals surface area (Å²) in [5.41, 5.74) is 2.40. The fraction of sp³-hybridized carbons (Fsp3) is 0.556. The minimum Gasteiger partial charge on any atom is -0.375 e. The van der Waals surface area contributed by atoms with Gasteiger partial charge in [0.05, 0.1) is 12.2 Å². The van der Waals surface area contributed by atoms with Gasteiger partial charge >= 0.3 is 0 Å². The Morgan fingerprint density at radius 3 is 2.84 bits per heavy atom. The van der Waals surface area contributed by atoms with E-state index in [1.165, 1.54) is 5.56 Å². The number of hydrogen-bond donors (Lipinski definition) is 1. The Balaban J connectivity index is 2.00. The van der Waals surface area contributed by atoms with Crippen LogP contribution in [0.2, 0.25) is 0 Å². The second-order valence-corrected chi connectivity index (χ2v) is 7.73. The summed E-state index contributed by atoms with van der Waals surface area (Å²) in [4.78, 5) is 11.6. The van der Waals surface area contributed by atoms with E-state index in [9.17, 15) is 0 Å². The molecule has 0 radical (unpaired) electrons. The Kier molecular flexibility index (Phi) is 7.87. The first-order valence-corrected chi connectivity index (χ1v) is 10.4. The number of thiazole rings is 1. The molecule has 2 heterocycles. The van der Waals surface area contributed by atoms with Gasteiger partial charge in [0, 0.05) is 38.5 Å². The SMILES string of the molecule is CCNC(=NCC(C)c1ccsc1)N(C)Cc1csc(C(C)OC)n1. The molecule has 0 aliphatic heterocycles. The van der Waals surface area contributed by atoms with Crippen molar-refractivity contribution in [1.29, 1.82) is 0 Å². The molecule has 1 N–H and O–H groups in total. The second kappa shape index (κ2) is 9.89. The molecule has 0 fully saturated rings. The molecule has 5 nitrogen and oxygen atoms in total. The Morgan fingerprint density at radius 1 is 1.40 bits per heavy atom. The quantitative estimate of drug-likeness (QED) is 0.553. The molecule has 0 aliphatic carbocycles. The van der Waals surface area contributed by atoms with Gasteiger partial charge in [0.1, 0.15) is 11.1 Å². The van der Waals surface area contributed by atoms with Gasteiger partial charge in [-0.25, -0.2) is 4.98 Å². The van der Waals surface area contributed by atoms with Gasteiger partial charge in [-0.3, -0.25) is 4.99 Å². The zero-order valence-corrected chi connectivity index (χ0v) is 17.3. The number of rotatable bonds is 8. The molecule has 2 rings (SSSR count). The van der Waals surface area contributed by atoms with Crippen molar-refractivity contribution >= 4 is 28.6 Å². The smallest absolute Gasteiger partial charge is 0.194 e. The summed E-state index contributed by atoms with van der Waals surface area (Å²) in [6.07, 6.45) is 0.0393. The summed E-state index contributed by atoms with van der Waals surface area (Å²) in [6, 6.07) is 2.18. The first-order chi connectivity index (χ1) is 12.0. The number of ether oxygens (including phenoxy) is 1.